The first-order valence-corrected chi connectivity index (χ1v) is 16.5. The normalized spacial score (nSPS) is 14.7. The van der Waals surface area contributed by atoms with Gasteiger partial charge in [0, 0.05) is 0 Å². The minimum atomic E-state index is -7.19. The number of benzene rings is 3. The van der Waals surface area contributed by atoms with E-state index in [1.54, 1.807) is 6.92 Å². The summed E-state index contributed by atoms with van der Waals surface area (Å²) >= 11 is 0. The average Bonchev–Trinajstić information content (AvgIpc) is 2.86. The van der Waals surface area contributed by atoms with Crippen molar-refractivity contribution in [3.63, 3.8) is 0 Å². The van der Waals surface area contributed by atoms with Crippen LogP contribution in [0.3, 0.4) is 0 Å². The van der Waals surface area contributed by atoms with E-state index in [0.717, 1.165) is 0 Å². The van der Waals surface area contributed by atoms with Gasteiger partial charge in [0.15, 0.2) is 0 Å². The number of hydrogen-bond acceptors (Lipinski definition) is 4. The molecule has 0 aliphatic rings. The van der Waals surface area contributed by atoms with Crippen LogP contribution in [0.1, 0.15) is 19.8 Å². The molecule has 0 unspecified atom stereocenters. The molecule has 0 saturated heterocycles. The van der Waals surface area contributed by atoms with Gasteiger partial charge in [0.2, 0.25) is 0 Å². The van der Waals surface area contributed by atoms with E-state index in [9.17, 15) is 43.2 Å². The third-order valence-corrected chi connectivity index (χ3v) is 19.0. The molecule has 3 aromatic carbocycles. The molecule has 0 N–H and O–H groups in total. The van der Waals surface area contributed by atoms with Gasteiger partial charge in [-0.25, -0.2) is 0 Å². The fraction of sp³-hybridized carbons (Fsp3) is 0.250. The molecule has 14 heteroatoms. The maximum absolute atomic E-state index is 14.3. The molecule has 0 spiro atoms. The van der Waals surface area contributed by atoms with Gasteiger partial charge in [0.05, 0.1) is 0 Å². The summed E-state index contributed by atoms with van der Waals surface area (Å²) in [7, 11) is -14.4. The van der Waals surface area contributed by atoms with Crippen molar-refractivity contribution >= 4 is 42.7 Å². The van der Waals surface area contributed by atoms with Crippen LogP contribution in [0, 0.1) is 0 Å². The average molecular weight is 600 g/mol. The zero-order chi connectivity index (χ0) is 28.5. The zero-order valence-electron chi connectivity index (χ0n) is 19.9. The molecule has 5 nitrogen and oxygen atoms in total. The summed E-state index contributed by atoms with van der Waals surface area (Å²) in [4.78, 5) is 0. The van der Waals surface area contributed by atoms with Gasteiger partial charge in [-0.15, -0.1) is 0 Å². The predicted octanol–water partition coefficient (Wildman–Crippen LogP) is 5.23. The van der Waals surface area contributed by atoms with E-state index in [2.05, 4.69) is 0 Å². The molecule has 208 valence electrons. The summed E-state index contributed by atoms with van der Waals surface area (Å²) in [6.07, 6.45) is -0.547. The van der Waals surface area contributed by atoms with Crippen LogP contribution in [0.5, 0.6) is 0 Å². The quantitative estimate of drug-likeness (QED) is 0.250. The van der Waals surface area contributed by atoms with Crippen LogP contribution in [-0.2, 0) is 20.0 Å². The van der Waals surface area contributed by atoms with Gasteiger partial charge >= 0.3 is 217 Å². The Morgan fingerprint density at radius 2 is 0.895 bits per heavy atom. The predicted molar refractivity (Wildman–Crippen MR) is 137 cm³/mol. The van der Waals surface area contributed by atoms with Gasteiger partial charge in [-0.05, 0) is 0 Å². The van der Waals surface area contributed by atoms with Crippen molar-refractivity contribution in [1.82, 2.24) is 3.48 Å². The van der Waals surface area contributed by atoms with Gasteiger partial charge in [-0.1, -0.05) is 0 Å². The Morgan fingerprint density at radius 3 is 1.13 bits per heavy atom. The molecular weight excluding hydrogens is 575 g/mol. The van der Waals surface area contributed by atoms with Crippen LogP contribution in [-0.4, -0.2) is 37.5 Å². The van der Waals surface area contributed by atoms with Gasteiger partial charge in [0.25, 0.3) is 0 Å². The first kappa shape index (κ1) is 30.1. The monoisotopic (exact) mass is 599 g/mol. The molecule has 0 amide bonds. The van der Waals surface area contributed by atoms with Gasteiger partial charge in [-0.3, -0.25) is 0 Å². The minimum absolute atomic E-state index is 0.103. The molecule has 0 atom stereocenters. The van der Waals surface area contributed by atoms with Gasteiger partial charge in [-0.2, -0.15) is 0 Å². The van der Waals surface area contributed by atoms with E-state index in [1.807, 2.05) is 0 Å². The Bertz CT molecular complexity index is 1320. The molecule has 0 bridgehead atoms. The topological polar surface area (TPSA) is 71.5 Å². The Morgan fingerprint density at radius 1 is 0.605 bits per heavy atom. The number of unbranched alkanes of at least 4 members (excludes halogenated alkanes) is 1. The van der Waals surface area contributed by atoms with Crippen LogP contribution in [0.2, 0.25) is 0 Å². The van der Waals surface area contributed by atoms with Crippen LogP contribution >= 0.6 is 6.75 Å². The molecule has 3 rings (SSSR count). The molecule has 0 radical (unpaired) electrons. The summed E-state index contributed by atoms with van der Waals surface area (Å²) in [6, 6.07) is 19.3. The second kappa shape index (κ2) is 10.3. The number of alkyl halides is 6. The van der Waals surface area contributed by atoms with Crippen LogP contribution in [0.25, 0.3) is 0 Å². The van der Waals surface area contributed by atoms with Crippen molar-refractivity contribution in [2.24, 2.45) is 0 Å². The molecule has 0 fully saturated rings. The number of sulfonamides is 2. The molecule has 38 heavy (non-hydrogen) atoms. The number of halogens is 6. The van der Waals surface area contributed by atoms with Crippen molar-refractivity contribution in [3.05, 3.63) is 91.0 Å². The summed E-state index contributed by atoms with van der Waals surface area (Å²) in [5, 5.41) is -0.861. The Hall–Kier alpha value is -2.47. The van der Waals surface area contributed by atoms with Crippen molar-refractivity contribution in [3.8, 4) is 0 Å². The number of hydrogen-bond donors (Lipinski definition) is 0. The summed E-state index contributed by atoms with van der Waals surface area (Å²) < 4.78 is 138. The van der Waals surface area contributed by atoms with Crippen molar-refractivity contribution in [2.45, 2.75) is 30.8 Å². The molecule has 3 aromatic rings. The summed E-state index contributed by atoms with van der Waals surface area (Å²) in [5.74, 6) is 0. The Balaban J connectivity index is 2.88. The van der Waals surface area contributed by atoms with Crippen LogP contribution in [0.15, 0.2) is 91.0 Å². The fourth-order valence-corrected chi connectivity index (χ4v) is 18.9. The standard InChI is InChI=1S/C24H24F6NO4PS2/c1-2-3-19-36(20-13-7-4-8-14-20,21-15-9-5-10-16-21,22-17-11-6-12-18-22)31(37(32,33)23(25,26)27)38(34,35)24(28,29)30/h4-18H,2-3,19H2,1H3. The van der Waals surface area contributed by atoms with Crippen LogP contribution in [0.4, 0.5) is 26.3 Å². The molecular formula is C24H24F6NO4PS2. The van der Waals surface area contributed by atoms with E-state index < -0.39 is 47.5 Å². The van der Waals surface area contributed by atoms with E-state index in [4.69, 9.17) is 0 Å². The fourth-order valence-electron chi connectivity index (χ4n) is 4.69. The number of rotatable bonds is 9. The zero-order valence-corrected chi connectivity index (χ0v) is 22.4. The second-order valence-electron chi connectivity index (χ2n) is 8.41. The molecule has 0 aliphatic heterocycles. The summed E-state index contributed by atoms with van der Waals surface area (Å²) in [6.45, 7) is -4.34. The Kier molecular flexibility index (Phi) is 8.12. The van der Waals surface area contributed by atoms with Crippen molar-refractivity contribution in [2.75, 3.05) is 6.16 Å². The molecule has 0 aromatic heterocycles. The van der Waals surface area contributed by atoms with E-state index in [-0.39, 0.29) is 28.8 Å². The first-order valence-electron chi connectivity index (χ1n) is 11.2. The maximum atomic E-state index is 14.3. The van der Waals surface area contributed by atoms with E-state index in [0.29, 0.717) is 0 Å². The SMILES string of the molecule is CCCCP(c1ccccc1)(c1ccccc1)(c1ccccc1)N(S(=O)(=O)C(F)(F)F)S(=O)(=O)C(F)(F)F. The third-order valence-electron chi connectivity index (χ3n) is 6.24. The van der Waals surface area contributed by atoms with Crippen molar-refractivity contribution < 1.29 is 43.2 Å². The molecule has 0 saturated carbocycles. The van der Waals surface area contributed by atoms with Gasteiger partial charge < -0.3 is 0 Å². The molecule has 0 heterocycles. The summed E-state index contributed by atoms with van der Waals surface area (Å²) in [5.41, 5.74) is -12.8. The number of nitrogens with zero attached hydrogens (tertiary/aromatic N) is 1. The second-order valence-corrected chi connectivity index (χ2v) is 17.6. The molecule has 0 aliphatic carbocycles. The van der Waals surface area contributed by atoms with E-state index >= 15 is 0 Å². The Labute approximate surface area is 217 Å². The van der Waals surface area contributed by atoms with Crippen LogP contribution < -0.4 is 15.9 Å². The van der Waals surface area contributed by atoms with Crippen molar-refractivity contribution in [1.29, 1.82) is 0 Å². The first-order chi connectivity index (χ1) is 17.6. The third kappa shape index (κ3) is 4.43. The van der Waals surface area contributed by atoms with Gasteiger partial charge in [0.1, 0.15) is 0 Å². The van der Waals surface area contributed by atoms with E-state index in [1.165, 1.54) is 91.0 Å².